The number of hydrogen-bond acceptors (Lipinski definition) is 4. The molecule has 1 N–H and O–H groups in total. The van der Waals surface area contributed by atoms with Gasteiger partial charge in [0.2, 0.25) is 11.8 Å². The summed E-state index contributed by atoms with van der Waals surface area (Å²) in [4.78, 5) is 34.8. The quantitative estimate of drug-likeness (QED) is 0.725. The van der Waals surface area contributed by atoms with Crippen LogP contribution in [0.3, 0.4) is 0 Å². The summed E-state index contributed by atoms with van der Waals surface area (Å²) in [5, 5.41) is 3.10. The van der Waals surface area contributed by atoms with E-state index in [1.54, 1.807) is 6.20 Å². The van der Waals surface area contributed by atoms with Crippen molar-refractivity contribution in [2.75, 3.05) is 31.1 Å². The first-order valence-electron chi connectivity index (χ1n) is 12.0. The number of hydrogen-bond donors (Lipinski definition) is 1. The molecule has 1 aromatic carbocycles. The molecule has 1 saturated carbocycles. The monoisotopic (exact) mass is 434 g/mol. The van der Waals surface area contributed by atoms with E-state index in [1.807, 2.05) is 53.4 Å². The highest BCUT2D eigenvalue weighted by Crippen LogP contribution is 2.26. The Bertz CT molecular complexity index is 860. The number of carbonyl (C=O) groups excluding carboxylic acids is 2. The Morgan fingerprint density at radius 2 is 1.66 bits per heavy atom. The summed E-state index contributed by atoms with van der Waals surface area (Å²) in [6.07, 6.45) is 8.81. The van der Waals surface area contributed by atoms with Gasteiger partial charge in [-0.05, 0) is 36.5 Å². The number of piperazine rings is 1. The Hall–Kier alpha value is -2.89. The van der Waals surface area contributed by atoms with Crippen molar-refractivity contribution in [3.8, 4) is 0 Å². The molecule has 2 heterocycles. The zero-order valence-electron chi connectivity index (χ0n) is 18.8. The van der Waals surface area contributed by atoms with E-state index in [4.69, 9.17) is 0 Å². The van der Waals surface area contributed by atoms with Gasteiger partial charge in [0.05, 0.1) is 0 Å². The lowest BCUT2D eigenvalue weighted by Gasteiger charge is -2.37. The van der Waals surface area contributed by atoms with Crippen molar-refractivity contribution in [2.24, 2.45) is 5.92 Å². The molecule has 1 aliphatic carbocycles. The van der Waals surface area contributed by atoms with Gasteiger partial charge in [0, 0.05) is 45.2 Å². The van der Waals surface area contributed by atoms with Crippen molar-refractivity contribution in [2.45, 2.75) is 51.0 Å². The minimum atomic E-state index is -0.519. The molecule has 4 rings (SSSR count). The van der Waals surface area contributed by atoms with Crippen LogP contribution in [0.15, 0.2) is 54.7 Å². The van der Waals surface area contributed by atoms with Crippen LogP contribution in [0.5, 0.6) is 0 Å². The summed E-state index contributed by atoms with van der Waals surface area (Å²) in [6.45, 7) is 2.77. The predicted octanol–water partition coefficient (Wildman–Crippen LogP) is 3.43. The van der Waals surface area contributed by atoms with E-state index in [9.17, 15) is 9.59 Å². The zero-order chi connectivity index (χ0) is 22.2. The minimum absolute atomic E-state index is 0.0123. The SMILES string of the molecule is O=C(CC1CCCCC1)N[C@@H](Cc1ccccc1)C(=O)N1CCN(c2ccccn2)CC1. The number of benzene rings is 1. The second kappa shape index (κ2) is 11.1. The molecule has 2 aliphatic rings. The highest BCUT2D eigenvalue weighted by molar-refractivity contribution is 5.88. The Kier molecular flexibility index (Phi) is 7.75. The fourth-order valence-electron chi connectivity index (χ4n) is 4.87. The van der Waals surface area contributed by atoms with Gasteiger partial charge in [0.1, 0.15) is 11.9 Å². The maximum Gasteiger partial charge on any atom is 0.245 e. The first kappa shape index (κ1) is 22.3. The summed E-state index contributed by atoms with van der Waals surface area (Å²) >= 11 is 0. The van der Waals surface area contributed by atoms with Gasteiger partial charge in [-0.1, -0.05) is 55.7 Å². The van der Waals surface area contributed by atoms with Crippen molar-refractivity contribution in [1.29, 1.82) is 0 Å². The molecule has 2 aromatic rings. The average Bonchev–Trinajstić information content (AvgIpc) is 2.85. The number of nitrogens with zero attached hydrogens (tertiary/aromatic N) is 3. The Labute approximate surface area is 191 Å². The van der Waals surface area contributed by atoms with E-state index in [2.05, 4.69) is 15.2 Å². The van der Waals surface area contributed by atoms with Gasteiger partial charge in [-0.2, -0.15) is 0 Å². The van der Waals surface area contributed by atoms with Crippen LogP contribution in [0, 0.1) is 5.92 Å². The summed E-state index contributed by atoms with van der Waals surface area (Å²) in [7, 11) is 0. The molecule has 1 aliphatic heterocycles. The number of carbonyl (C=O) groups is 2. The van der Waals surface area contributed by atoms with Crippen LogP contribution in [0.25, 0.3) is 0 Å². The largest absolute Gasteiger partial charge is 0.353 e. The molecule has 170 valence electrons. The molecule has 6 nitrogen and oxygen atoms in total. The number of anilines is 1. The van der Waals surface area contributed by atoms with E-state index < -0.39 is 6.04 Å². The summed E-state index contributed by atoms with van der Waals surface area (Å²) in [5.41, 5.74) is 1.07. The average molecular weight is 435 g/mol. The maximum atomic E-state index is 13.5. The van der Waals surface area contributed by atoms with Gasteiger partial charge >= 0.3 is 0 Å². The fraction of sp³-hybridized carbons (Fsp3) is 0.500. The zero-order valence-corrected chi connectivity index (χ0v) is 18.8. The van der Waals surface area contributed by atoms with Crippen LogP contribution in [0.4, 0.5) is 5.82 Å². The van der Waals surface area contributed by atoms with Crippen LogP contribution in [-0.4, -0.2) is 53.9 Å². The molecule has 0 radical (unpaired) electrons. The van der Waals surface area contributed by atoms with Crippen LogP contribution in [0.2, 0.25) is 0 Å². The number of rotatable bonds is 7. The summed E-state index contributed by atoms with van der Waals surface area (Å²) < 4.78 is 0. The van der Waals surface area contributed by atoms with Gasteiger partial charge in [-0.3, -0.25) is 9.59 Å². The van der Waals surface area contributed by atoms with E-state index in [1.165, 1.54) is 19.3 Å². The second-order valence-electron chi connectivity index (χ2n) is 9.02. The molecule has 6 heteroatoms. The fourth-order valence-corrected chi connectivity index (χ4v) is 4.87. The van der Waals surface area contributed by atoms with Crippen LogP contribution < -0.4 is 10.2 Å². The third-order valence-corrected chi connectivity index (χ3v) is 6.68. The van der Waals surface area contributed by atoms with Crippen molar-refractivity contribution < 1.29 is 9.59 Å². The minimum Gasteiger partial charge on any atom is -0.353 e. The van der Waals surface area contributed by atoms with Gasteiger partial charge < -0.3 is 15.1 Å². The summed E-state index contributed by atoms with van der Waals surface area (Å²) in [5.74, 6) is 1.43. The smallest absolute Gasteiger partial charge is 0.245 e. The highest BCUT2D eigenvalue weighted by atomic mass is 16.2. The number of amides is 2. The Morgan fingerprint density at radius 3 is 2.34 bits per heavy atom. The molecule has 0 bridgehead atoms. The van der Waals surface area contributed by atoms with E-state index in [0.29, 0.717) is 31.8 Å². The molecular formula is C26H34N4O2. The van der Waals surface area contributed by atoms with Gasteiger partial charge in [0.15, 0.2) is 0 Å². The lowest BCUT2D eigenvalue weighted by Crippen LogP contribution is -2.55. The van der Waals surface area contributed by atoms with Crippen LogP contribution >= 0.6 is 0 Å². The van der Waals surface area contributed by atoms with Crippen molar-refractivity contribution in [3.63, 3.8) is 0 Å². The predicted molar refractivity (Wildman–Crippen MR) is 126 cm³/mol. The van der Waals surface area contributed by atoms with E-state index >= 15 is 0 Å². The third-order valence-electron chi connectivity index (χ3n) is 6.68. The van der Waals surface area contributed by atoms with Crippen molar-refractivity contribution in [3.05, 3.63) is 60.3 Å². The van der Waals surface area contributed by atoms with Gasteiger partial charge in [-0.25, -0.2) is 4.98 Å². The molecule has 0 spiro atoms. The molecule has 1 saturated heterocycles. The molecule has 2 fully saturated rings. The highest BCUT2D eigenvalue weighted by Gasteiger charge is 2.30. The standard InChI is InChI=1S/C26H34N4O2/c31-25(20-22-11-5-2-6-12-22)28-23(19-21-9-3-1-4-10-21)26(32)30-17-15-29(16-18-30)24-13-7-8-14-27-24/h1,3-4,7-10,13-14,22-23H,2,5-6,11-12,15-20H2,(H,28,31)/t23-/m0/s1. The van der Waals surface area contributed by atoms with E-state index in [-0.39, 0.29) is 11.8 Å². The number of nitrogens with one attached hydrogen (secondary N) is 1. The summed E-state index contributed by atoms with van der Waals surface area (Å²) in [6, 6.07) is 15.3. The van der Waals surface area contributed by atoms with Crippen LogP contribution in [0.1, 0.15) is 44.1 Å². The first-order chi connectivity index (χ1) is 15.7. The van der Waals surface area contributed by atoms with Crippen LogP contribution in [-0.2, 0) is 16.0 Å². The molecular weight excluding hydrogens is 400 g/mol. The van der Waals surface area contributed by atoms with Gasteiger partial charge in [-0.15, -0.1) is 0 Å². The normalized spacial score (nSPS) is 18.2. The van der Waals surface area contributed by atoms with Crippen molar-refractivity contribution >= 4 is 17.6 Å². The van der Waals surface area contributed by atoms with Gasteiger partial charge in [0.25, 0.3) is 0 Å². The lowest BCUT2D eigenvalue weighted by molar-refractivity contribution is -0.137. The topological polar surface area (TPSA) is 65.5 Å². The molecule has 32 heavy (non-hydrogen) atoms. The molecule has 1 aromatic heterocycles. The molecule has 2 amide bonds. The first-order valence-corrected chi connectivity index (χ1v) is 12.0. The molecule has 1 atom stereocenters. The third kappa shape index (κ3) is 6.09. The number of pyridine rings is 1. The lowest BCUT2D eigenvalue weighted by atomic mass is 9.86. The Balaban J connectivity index is 1.38. The maximum absolute atomic E-state index is 13.5. The number of aromatic nitrogens is 1. The van der Waals surface area contributed by atoms with E-state index in [0.717, 1.165) is 37.3 Å². The van der Waals surface area contributed by atoms with Crippen molar-refractivity contribution in [1.82, 2.24) is 15.2 Å². The second-order valence-corrected chi connectivity index (χ2v) is 9.02. The molecule has 0 unspecified atom stereocenters. The Morgan fingerprint density at radius 1 is 0.938 bits per heavy atom.